The number of hydrogen-bond acceptors (Lipinski definition) is 5. The van der Waals surface area contributed by atoms with Crippen LogP contribution in [0, 0.1) is 0 Å². The van der Waals surface area contributed by atoms with Crippen molar-refractivity contribution in [2.75, 3.05) is 17.2 Å². The van der Waals surface area contributed by atoms with Crippen molar-refractivity contribution >= 4 is 23.2 Å². The molecule has 0 amide bonds. The first-order chi connectivity index (χ1) is 17.1. The molecule has 0 saturated carbocycles. The van der Waals surface area contributed by atoms with E-state index < -0.39 is 0 Å². The molecule has 2 N–H and O–H groups in total. The van der Waals surface area contributed by atoms with E-state index in [9.17, 15) is 0 Å². The number of nitrogen functional groups attached to an aromatic ring is 1. The van der Waals surface area contributed by atoms with E-state index in [4.69, 9.17) is 5.73 Å². The molecule has 0 saturated heterocycles. The third kappa shape index (κ3) is 12.2. The van der Waals surface area contributed by atoms with E-state index in [0.717, 1.165) is 24.2 Å². The van der Waals surface area contributed by atoms with Crippen molar-refractivity contribution in [1.29, 1.82) is 0 Å². The number of allylic oxidation sites excluding steroid dienone is 1. The van der Waals surface area contributed by atoms with E-state index in [0.29, 0.717) is 11.8 Å². The number of rotatable bonds is 20. The first kappa shape index (κ1) is 28.8. The van der Waals surface area contributed by atoms with Crippen LogP contribution >= 0.6 is 0 Å². The van der Waals surface area contributed by atoms with Gasteiger partial charge in [0.1, 0.15) is 0 Å². The number of para-hydroxylation sites is 1. The SMILES string of the molecule is C=C(C)c1nc(N)nc(N(CCCCCCCCCCCCCCCCCC)c2ccccc2)n1. The van der Waals surface area contributed by atoms with Crippen molar-refractivity contribution in [2.45, 2.75) is 117 Å². The number of benzene rings is 1. The minimum atomic E-state index is 0.237. The second kappa shape index (κ2) is 17.9. The Morgan fingerprint density at radius 3 is 1.69 bits per heavy atom. The number of nitrogens with two attached hydrogens (primary N) is 1. The molecule has 2 rings (SSSR count). The van der Waals surface area contributed by atoms with Gasteiger partial charge >= 0.3 is 0 Å². The Bertz CT molecular complexity index is 821. The summed E-state index contributed by atoms with van der Waals surface area (Å²) in [5.41, 5.74) is 7.84. The van der Waals surface area contributed by atoms with Crippen molar-refractivity contribution in [1.82, 2.24) is 15.0 Å². The average Bonchev–Trinajstić information content (AvgIpc) is 2.86. The maximum Gasteiger partial charge on any atom is 0.235 e. The molecule has 1 heterocycles. The Kier molecular flexibility index (Phi) is 14.8. The van der Waals surface area contributed by atoms with Gasteiger partial charge in [0.05, 0.1) is 0 Å². The van der Waals surface area contributed by atoms with E-state index in [-0.39, 0.29) is 5.95 Å². The highest BCUT2D eigenvalue weighted by atomic mass is 15.3. The maximum atomic E-state index is 5.97. The summed E-state index contributed by atoms with van der Waals surface area (Å²) in [5, 5.41) is 0. The minimum Gasteiger partial charge on any atom is -0.368 e. The maximum absolute atomic E-state index is 5.97. The summed E-state index contributed by atoms with van der Waals surface area (Å²) >= 11 is 0. The van der Waals surface area contributed by atoms with Crippen molar-refractivity contribution < 1.29 is 0 Å². The third-order valence-corrected chi connectivity index (χ3v) is 6.57. The molecule has 2 aromatic rings. The molecule has 0 fully saturated rings. The van der Waals surface area contributed by atoms with Gasteiger partial charge in [-0.2, -0.15) is 15.0 Å². The highest BCUT2D eigenvalue weighted by molar-refractivity contribution is 5.61. The Labute approximate surface area is 214 Å². The molecule has 0 spiro atoms. The van der Waals surface area contributed by atoms with Gasteiger partial charge in [0.15, 0.2) is 5.82 Å². The molecule has 0 bridgehead atoms. The zero-order valence-corrected chi connectivity index (χ0v) is 22.5. The number of nitrogens with zero attached hydrogens (tertiary/aromatic N) is 4. The van der Waals surface area contributed by atoms with Gasteiger partial charge in [-0.3, -0.25) is 0 Å². The van der Waals surface area contributed by atoms with Crippen LogP contribution in [-0.4, -0.2) is 21.5 Å². The monoisotopic (exact) mass is 479 g/mol. The quantitative estimate of drug-likeness (QED) is 0.192. The predicted octanol–water partition coefficient (Wildman–Crippen LogP) is 8.89. The Morgan fingerprint density at radius 1 is 0.714 bits per heavy atom. The normalized spacial score (nSPS) is 11.0. The molecule has 1 aromatic carbocycles. The zero-order chi connectivity index (χ0) is 25.1. The van der Waals surface area contributed by atoms with E-state index in [1.165, 1.54) is 96.3 Å². The zero-order valence-electron chi connectivity index (χ0n) is 22.5. The van der Waals surface area contributed by atoms with Crippen LogP contribution in [0.4, 0.5) is 17.6 Å². The largest absolute Gasteiger partial charge is 0.368 e. The topological polar surface area (TPSA) is 67.9 Å². The molecule has 0 aliphatic rings. The summed E-state index contributed by atoms with van der Waals surface area (Å²) in [7, 11) is 0. The molecule has 0 aliphatic carbocycles. The molecule has 5 nitrogen and oxygen atoms in total. The highest BCUT2D eigenvalue weighted by Crippen LogP contribution is 2.24. The standard InChI is InChI=1S/C30H49N5/c1-4-5-6-7-8-9-10-11-12-13-14-15-16-17-18-22-25-35(27-23-20-19-21-24-27)30-33-28(26(2)3)32-29(31)34-30/h19-21,23-24H,2,4-18,22,25H2,1,3H3,(H2,31,32,33,34). The van der Waals surface area contributed by atoms with Crippen LogP contribution < -0.4 is 10.6 Å². The average molecular weight is 480 g/mol. The number of unbranched alkanes of at least 4 members (excludes halogenated alkanes) is 15. The molecule has 0 atom stereocenters. The lowest BCUT2D eigenvalue weighted by molar-refractivity contribution is 0.530. The van der Waals surface area contributed by atoms with Crippen molar-refractivity contribution in [3.63, 3.8) is 0 Å². The van der Waals surface area contributed by atoms with E-state index in [1.54, 1.807) is 0 Å². The first-order valence-electron chi connectivity index (χ1n) is 14.1. The summed E-state index contributed by atoms with van der Waals surface area (Å²) in [4.78, 5) is 15.4. The molecular formula is C30H49N5. The predicted molar refractivity (Wildman–Crippen MR) is 152 cm³/mol. The Morgan fingerprint density at radius 2 is 1.20 bits per heavy atom. The highest BCUT2D eigenvalue weighted by Gasteiger charge is 2.15. The van der Waals surface area contributed by atoms with Gasteiger partial charge in [-0.25, -0.2) is 0 Å². The number of anilines is 3. The van der Waals surface area contributed by atoms with Gasteiger partial charge in [-0.15, -0.1) is 0 Å². The molecule has 35 heavy (non-hydrogen) atoms. The molecule has 1 aromatic heterocycles. The van der Waals surface area contributed by atoms with Gasteiger partial charge < -0.3 is 10.6 Å². The second-order valence-electron chi connectivity index (χ2n) is 9.89. The fourth-order valence-electron chi connectivity index (χ4n) is 4.46. The Balaban J connectivity index is 1.62. The van der Waals surface area contributed by atoms with Crippen LogP contribution in [0.1, 0.15) is 122 Å². The van der Waals surface area contributed by atoms with Crippen LogP contribution in [0.2, 0.25) is 0 Å². The summed E-state index contributed by atoms with van der Waals surface area (Å²) in [5.74, 6) is 1.39. The minimum absolute atomic E-state index is 0.237. The van der Waals surface area contributed by atoms with Crippen LogP contribution in [0.3, 0.4) is 0 Å². The molecule has 194 valence electrons. The summed E-state index contributed by atoms with van der Waals surface area (Å²) in [6, 6.07) is 10.3. The fourth-order valence-corrected chi connectivity index (χ4v) is 4.46. The molecule has 0 unspecified atom stereocenters. The van der Waals surface area contributed by atoms with Crippen molar-refractivity contribution in [3.8, 4) is 0 Å². The van der Waals surface area contributed by atoms with E-state index >= 15 is 0 Å². The first-order valence-corrected chi connectivity index (χ1v) is 14.1. The van der Waals surface area contributed by atoms with Crippen LogP contribution in [-0.2, 0) is 0 Å². The van der Waals surface area contributed by atoms with Crippen LogP contribution in [0.15, 0.2) is 36.9 Å². The van der Waals surface area contributed by atoms with Gasteiger partial charge in [-0.1, -0.05) is 128 Å². The van der Waals surface area contributed by atoms with E-state index in [1.807, 2.05) is 25.1 Å². The summed E-state index contributed by atoms with van der Waals surface area (Å²) in [6.45, 7) is 9.00. The molecule has 5 heteroatoms. The van der Waals surface area contributed by atoms with Crippen molar-refractivity contribution in [2.24, 2.45) is 0 Å². The smallest absolute Gasteiger partial charge is 0.235 e. The lowest BCUT2D eigenvalue weighted by Crippen LogP contribution is -2.22. The molecule has 0 aliphatic heterocycles. The number of aromatic nitrogens is 3. The lowest BCUT2D eigenvalue weighted by atomic mass is 10.0. The van der Waals surface area contributed by atoms with Crippen molar-refractivity contribution in [3.05, 3.63) is 42.7 Å². The Hall–Kier alpha value is -2.43. The van der Waals surface area contributed by atoms with Crippen LogP contribution in [0.25, 0.3) is 5.57 Å². The van der Waals surface area contributed by atoms with Gasteiger partial charge in [0.25, 0.3) is 0 Å². The second-order valence-corrected chi connectivity index (χ2v) is 9.89. The van der Waals surface area contributed by atoms with E-state index in [2.05, 4.69) is 45.5 Å². The van der Waals surface area contributed by atoms with Gasteiger partial charge in [0.2, 0.25) is 11.9 Å². The number of hydrogen-bond donors (Lipinski definition) is 1. The van der Waals surface area contributed by atoms with Crippen LogP contribution in [0.5, 0.6) is 0 Å². The third-order valence-electron chi connectivity index (χ3n) is 6.57. The fraction of sp³-hybridized carbons (Fsp3) is 0.633. The van der Waals surface area contributed by atoms with Gasteiger partial charge in [0, 0.05) is 12.2 Å². The lowest BCUT2D eigenvalue weighted by Gasteiger charge is -2.23. The molecule has 0 radical (unpaired) electrons. The van der Waals surface area contributed by atoms with Gasteiger partial charge in [-0.05, 0) is 31.1 Å². The summed E-state index contributed by atoms with van der Waals surface area (Å²) in [6.07, 6.45) is 21.9. The molecular weight excluding hydrogens is 430 g/mol. The summed E-state index contributed by atoms with van der Waals surface area (Å²) < 4.78 is 0.